The molecular weight excluding hydrogens is 422 g/mol. The molecule has 3 saturated carbocycles. The van der Waals surface area contributed by atoms with Gasteiger partial charge in [-0.25, -0.2) is 0 Å². The minimum absolute atomic E-state index is 0.112. The Bertz CT molecular complexity index is 1050. The zero-order valence-corrected chi connectivity index (χ0v) is 21.2. The van der Waals surface area contributed by atoms with Crippen LogP contribution in [-0.4, -0.2) is 16.7 Å². The smallest absolute Gasteiger partial charge is 0.169 e. The number of nitrogens with zero attached hydrogens (tertiary/aromatic N) is 1. The van der Waals surface area contributed by atoms with Gasteiger partial charge in [-0.15, -0.1) is 0 Å². The van der Waals surface area contributed by atoms with E-state index in [-0.39, 0.29) is 16.2 Å². The number of ether oxygens (including phenoxy) is 1. The van der Waals surface area contributed by atoms with Crippen molar-refractivity contribution in [2.75, 3.05) is 0 Å². The Kier molecular flexibility index (Phi) is 5.62. The summed E-state index contributed by atoms with van der Waals surface area (Å²) in [6, 6.07) is 9.52. The van der Waals surface area contributed by atoms with Crippen molar-refractivity contribution in [2.45, 2.75) is 91.5 Å². The van der Waals surface area contributed by atoms with Crippen molar-refractivity contribution in [1.29, 1.82) is 5.26 Å². The topological polar surface area (TPSA) is 70.3 Å². The zero-order valence-electron chi connectivity index (χ0n) is 21.2. The van der Waals surface area contributed by atoms with Crippen LogP contribution < -0.4 is 0 Å². The zero-order chi connectivity index (χ0) is 24.4. The molecule has 0 aliphatic heterocycles. The van der Waals surface area contributed by atoms with E-state index >= 15 is 0 Å². The van der Waals surface area contributed by atoms with Crippen LogP contribution in [0.15, 0.2) is 35.9 Å². The van der Waals surface area contributed by atoms with Gasteiger partial charge in [0.05, 0.1) is 18.2 Å². The van der Waals surface area contributed by atoms with Crippen molar-refractivity contribution in [3.8, 4) is 6.07 Å². The number of nitriles is 1. The fraction of sp³-hybridized carbons (Fsp3) is 0.667. The molecule has 182 valence electrons. The van der Waals surface area contributed by atoms with Crippen molar-refractivity contribution >= 4 is 5.78 Å². The number of hydrogen-bond acceptors (Lipinski definition) is 4. The molecule has 0 bridgehead atoms. The number of carbonyl (C=O) groups is 1. The number of Topliss-reactive ketones (excluding diaryl/α,β-unsaturated/α-hetero) is 1. The van der Waals surface area contributed by atoms with E-state index in [9.17, 15) is 9.90 Å². The average molecular weight is 462 g/mol. The third-order valence-corrected chi connectivity index (χ3v) is 11.1. The maximum absolute atomic E-state index is 12.7. The van der Waals surface area contributed by atoms with Crippen molar-refractivity contribution in [1.82, 2.24) is 0 Å². The van der Waals surface area contributed by atoms with Crippen LogP contribution in [0.25, 0.3) is 0 Å². The molecule has 34 heavy (non-hydrogen) atoms. The molecule has 1 N–H and O–H groups in total. The lowest BCUT2D eigenvalue weighted by Crippen LogP contribution is -2.54. The number of rotatable bonds is 4. The lowest BCUT2D eigenvalue weighted by Gasteiger charge is -2.60. The van der Waals surface area contributed by atoms with Gasteiger partial charge in [0.2, 0.25) is 0 Å². The van der Waals surface area contributed by atoms with Gasteiger partial charge >= 0.3 is 0 Å². The Morgan fingerprint density at radius 2 is 1.79 bits per heavy atom. The molecule has 7 atom stereocenters. The summed E-state index contributed by atoms with van der Waals surface area (Å²) in [5, 5.41) is 20.3. The maximum Gasteiger partial charge on any atom is 0.169 e. The van der Waals surface area contributed by atoms with E-state index < -0.39 is 5.79 Å². The first kappa shape index (κ1) is 23.8. The van der Waals surface area contributed by atoms with E-state index in [1.165, 1.54) is 18.4 Å². The van der Waals surface area contributed by atoms with Crippen LogP contribution in [0, 0.1) is 45.3 Å². The SMILES string of the molecule is CC(=O)[C@@]1(C)CCC2C3CC=C4C[C@@](O)(OCc5ccc(C#N)cc5)CC[C@]4(C)C3CC[C@@]21C. The molecule has 4 aliphatic rings. The first-order chi connectivity index (χ1) is 16.0. The van der Waals surface area contributed by atoms with E-state index in [4.69, 9.17) is 10.00 Å². The van der Waals surface area contributed by atoms with Crippen LogP contribution in [-0.2, 0) is 16.1 Å². The summed E-state index contributed by atoms with van der Waals surface area (Å²) in [5.74, 6) is 1.12. The fourth-order valence-corrected chi connectivity index (χ4v) is 8.48. The van der Waals surface area contributed by atoms with Crippen LogP contribution in [0.5, 0.6) is 0 Å². The predicted octanol–water partition coefficient (Wildman–Crippen LogP) is 6.32. The second-order valence-electron chi connectivity index (χ2n) is 12.4. The number of ketones is 1. The number of aliphatic hydroxyl groups is 1. The van der Waals surface area contributed by atoms with Crippen LogP contribution in [0.1, 0.15) is 90.2 Å². The predicted molar refractivity (Wildman–Crippen MR) is 131 cm³/mol. The Labute approximate surface area is 204 Å². The quantitative estimate of drug-likeness (QED) is 0.421. The first-order valence-corrected chi connectivity index (χ1v) is 13.1. The highest BCUT2D eigenvalue weighted by Gasteiger charge is 2.64. The molecule has 3 unspecified atom stereocenters. The van der Waals surface area contributed by atoms with Crippen LogP contribution in [0.3, 0.4) is 0 Å². The molecule has 0 amide bonds. The molecule has 0 aromatic heterocycles. The summed E-state index contributed by atoms with van der Waals surface area (Å²) in [6.45, 7) is 9.22. The van der Waals surface area contributed by atoms with E-state index in [0.29, 0.717) is 48.5 Å². The highest BCUT2D eigenvalue weighted by atomic mass is 16.6. The Balaban J connectivity index is 1.33. The van der Waals surface area contributed by atoms with E-state index in [1.54, 1.807) is 19.1 Å². The number of hydrogen-bond donors (Lipinski definition) is 1. The molecule has 4 nitrogen and oxygen atoms in total. The minimum Gasteiger partial charge on any atom is -0.365 e. The van der Waals surface area contributed by atoms with Crippen LogP contribution in [0.4, 0.5) is 0 Å². The first-order valence-electron chi connectivity index (χ1n) is 13.1. The molecular formula is C30H39NO3. The minimum atomic E-state index is -1.13. The van der Waals surface area contributed by atoms with E-state index in [1.807, 2.05) is 12.1 Å². The normalized spacial score (nSPS) is 43.2. The number of fused-ring (bicyclic) bond motifs is 5. The van der Waals surface area contributed by atoms with Gasteiger partial charge in [-0.2, -0.15) is 5.26 Å². The molecule has 4 heteroatoms. The summed E-state index contributed by atoms with van der Waals surface area (Å²) < 4.78 is 6.09. The number of allylic oxidation sites excluding steroid dienone is 1. The molecule has 0 heterocycles. The summed E-state index contributed by atoms with van der Waals surface area (Å²) in [6.07, 6.45) is 10.2. The number of benzene rings is 1. The van der Waals surface area contributed by atoms with Gasteiger partial charge < -0.3 is 9.84 Å². The second-order valence-corrected chi connectivity index (χ2v) is 12.4. The van der Waals surface area contributed by atoms with Crippen molar-refractivity contribution in [2.24, 2.45) is 34.0 Å². The molecule has 0 spiro atoms. The Morgan fingerprint density at radius 3 is 2.47 bits per heavy atom. The molecule has 5 rings (SSSR count). The van der Waals surface area contributed by atoms with Gasteiger partial charge in [0.25, 0.3) is 0 Å². The lowest BCUT2D eigenvalue weighted by molar-refractivity contribution is -0.231. The van der Waals surface area contributed by atoms with Gasteiger partial charge in [-0.05, 0) is 91.7 Å². The molecule has 3 fully saturated rings. The van der Waals surface area contributed by atoms with Gasteiger partial charge in [0.1, 0.15) is 5.78 Å². The molecule has 0 radical (unpaired) electrons. The monoisotopic (exact) mass is 461 g/mol. The van der Waals surface area contributed by atoms with E-state index in [0.717, 1.165) is 31.2 Å². The van der Waals surface area contributed by atoms with Crippen LogP contribution in [0.2, 0.25) is 0 Å². The summed E-state index contributed by atoms with van der Waals surface area (Å²) in [7, 11) is 0. The average Bonchev–Trinajstić information content (AvgIpc) is 3.11. The summed E-state index contributed by atoms with van der Waals surface area (Å²) in [5.41, 5.74) is 3.02. The third kappa shape index (κ3) is 3.42. The lowest BCUT2D eigenvalue weighted by atomic mass is 9.45. The fourth-order valence-electron chi connectivity index (χ4n) is 8.48. The second kappa shape index (κ2) is 8.04. The van der Waals surface area contributed by atoms with Crippen molar-refractivity contribution in [3.05, 3.63) is 47.0 Å². The van der Waals surface area contributed by atoms with Gasteiger partial charge in [0.15, 0.2) is 5.79 Å². The van der Waals surface area contributed by atoms with Crippen molar-refractivity contribution < 1.29 is 14.6 Å². The summed E-state index contributed by atoms with van der Waals surface area (Å²) >= 11 is 0. The highest BCUT2D eigenvalue weighted by molar-refractivity contribution is 5.83. The van der Waals surface area contributed by atoms with E-state index in [2.05, 4.69) is 32.9 Å². The molecule has 4 aliphatic carbocycles. The molecule has 1 aromatic rings. The highest BCUT2D eigenvalue weighted by Crippen LogP contribution is 2.70. The van der Waals surface area contributed by atoms with Gasteiger partial charge in [-0.1, -0.05) is 44.6 Å². The largest absolute Gasteiger partial charge is 0.365 e. The molecule has 1 aromatic carbocycles. The summed E-state index contributed by atoms with van der Waals surface area (Å²) in [4.78, 5) is 12.7. The van der Waals surface area contributed by atoms with Gasteiger partial charge in [-0.3, -0.25) is 4.79 Å². The maximum atomic E-state index is 12.7. The van der Waals surface area contributed by atoms with Crippen LogP contribution >= 0.6 is 0 Å². The Morgan fingerprint density at radius 1 is 1.09 bits per heavy atom. The van der Waals surface area contributed by atoms with Crippen molar-refractivity contribution in [3.63, 3.8) is 0 Å². The van der Waals surface area contributed by atoms with Gasteiger partial charge in [0, 0.05) is 18.3 Å². The Hall–Kier alpha value is -1.96. The molecule has 0 saturated heterocycles. The third-order valence-electron chi connectivity index (χ3n) is 11.1. The standard InChI is InChI=1S/C30H39NO3/c1-20(32)28(3)13-12-26-24-10-9-23-17-30(33,34-19-22-7-5-21(18-31)6-8-22)16-15-27(23,2)25(24)11-14-29(26,28)4/h5-9,24-26,33H,10-17,19H2,1-4H3/t24?,25?,26?,27-,28+,29-,30-/m0/s1. The number of carbonyl (C=O) groups excluding carboxylic acids is 1.